The Morgan fingerprint density at radius 3 is 2.62 bits per heavy atom. The molecule has 0 aliphatic carbocycles. The van der Waals surface area contributed by atoms with E-state index in [0.717, 1.165) is 23.3 Å². The molecule has 0 bridgehead atoms. The number of ether oxygens (including phenoxy) is 2. The van der Waals surface area contributed by atoms with E-state index < -0.39 is 0 Å². The lowest BCUT2D eigenvalue weighted by molar-refractivity contribution is -0.135. The molecule has 0 N–H and O–H groups in total. The number of hydrogen-bond acceptors (Lipinski definition) is 5. The number of amides is 2. The molecule has 2 heterocycles. The first kappa shape index (κ1) is 24.0. The van der Waals surface area contributed by atoms with Crippen molar-refractivity contribution in [2.24, 2.45) is 0 Å². The number of para-hydroxylation sites is 1. The minimum Gasteiger partial charge on any atom is -0.491 e. The summed E-state index contributed by atoms with van der Waals surface area (Å²) >= 11 is 1.72. The number of fused-ring (bicyclic) bond motifs is 1. The molecule has 1 aliphatic rings. The number of aryl methyl sites for hydroxylation is 1. The number of hydrogen-bond donors (Lipinski definition) is 0. The van der Waals surface area contributed by atoms with E-state index in [0.29, 0.717) is 31.9 Å². The molecule has 7 heteroatoms. The highest BCUT2D eigenvalue weighted by atomic mass is 32.1. The van der Waals surface area contributed by atoms with E-state index in [1.165, 1.54) is 4.88 Å². The summed E-state index contributed by atoms with van der Waals surface area (Å²) in [4.78, 5) is 31.4. The van der Waals surface area contributed by atoms with Gasteiger partial charge in [0.1, 0.15) is 18.9 Å². The minimum absolute atomic E-state index is 0.00256. The molecule has 0 saturated heterocycles. The maximum absolute atomic E-state index is 13.6. The number of carbonyl (C=O) groups is 2. The largest absolute Gasteiger partial charge is 0.491 e. The third-order valence-electron chi connectivity index (χ3n) is 6.10. The van der Waals surface area contributed by atoms with Gasteiger partial charge in [0, 0.05) is 30.6 Å². The van der Waals surface area contributed by atoms with Gasteiger partial charge in [-0.3, -0.25) is 9.59 Å². The van der Waals surface area contributed by atoms with Crippen LogP contribution in [0.4, 0.5) is 0 Å². The lowest BCUT2D eigenvalue weighted by Gasteiger charge is -2.37. The van der Waals surface area contributed by atoms with Crippen molar-refractivity contribution in [1.82, 2.24) is 9.80 Å². The maximum Gasteiger partial charge on any atom is 0.254 e. The van der Waals surface area contributed by atoms with Crippen molar-refractivity contribution < 1.29 is 19.1 Å². The normalized spacial score (nSPS) is 15.0. The van der Waals surface area contributed by atoms with E-state index in [-0.39, 0.29) is 24.4 Å². The number of methoxy groups -OCH3 is 1. The van der Waals surface area contributed by atoms with Crippen LogP contribution >= 0.6 is 11.3 Å². The third-order valence-corrected chi connectivity index (χ3v) is 7.10. The van der Waals surface area contributed by atoms with Crippen LogP contribution < -0.4 is 4.74 Å². The zero-order chi connectivity index (χ0) is 23.9. The summed E-state index contributed by atoms with van der Waals surface area (Å²) in [6.07, 6.45) is 0.810. The molecular formula is C27H30N2O4S. The molecule has 0 fully saturated rings. The highest BCUT2D eigenvalue weighted by molar-refractivity contribution is 7.10. The van der Waals surface area contributed by atoms with Crippen molar-refractivity contribution in [1.29, 1.82) is 0 Å². The van der Waals surface area contributed by atoms with Crippen LogP contribution in [0.5, 0.6) is 5.75 Å². The quantitative estimate of drug-likeness (QED) is 0.459. The third kappa shape index (κ3) is 5.48. The SMILES string of the molecule is COCCN(CC(=O)N1CCc2sccc2[C@H]1COc1ccccc1C)C(=O)c1ccccc1. The summed E-state index contributed by atoms with van der Waals surface area (Å²) in [5.74, 6) is 0.556. The lowest BCUT2D eigenvalue weighted by Crippen LogP contribution is -2.48. The van der Waals surface area contributed by atoms with E-state index >= 15 is 0 Å². The van der Waals surface area contributed by atoms with Crippen LogP contribution in [0.15, 0.2) is 66.0 Å². The van der Waals surface area contributed by atoms with Gasteiger partial charge < -0.3 is 19.3 Å². The molecule has 1 atom stereocenters. The highest BCUT2D eigenvalue weighted by Crippen LogP contribution is 2.34. The van der Waals surface area contributed by atoms with Gasteiger partial charge in [-0.15, -0.1) is 11.3 Å². The Balaban J connectivity index is 1.53. The molecule has 0 unspecified atom stereocenters. The van der Waals surface area contributed by atoms with Crippen molar-refractivity contribution in [3.05, 3.63) is 87.6 Å². The highest BCUT2D eigenvalue weighted by Gasteiger charge is 2.33. The minimum atomic E-state index is -0.196. The molecule has 2 amide bonds. The summed E-state index contributed by atoms with van der Waals surface area (Å²) in [6, 6.07) is 18.8. The second-order valence-corrected chi connectivity index (χ2v) is 9.31. The van der Waals surface area contributed by atoms with Gasteiger partial charge in [0.2, 0.25) is 5.91 Å². The molecule has 1 aromatic heterocycles. The molecule has 178 valence electrons. The molecule has 34 heavy (non-hydrogen) atoms. The predicted octanol–water partition coefficient (Wildman–Crippen LogP) is 4.35. The first-order valence-electron chi connectivity index (χ1n) is 11.5. The zero-order valence-electron chi connectivity index (χ0n) is 19.6. The average Bonchev–Trinajstić information content (AvgIpc) is 3.35. The van der Waals surface area contributed by atoms with Gasteiger partial charge >= 0.3 is 0 Å². The topological polar surface area (TPSA) is 59.1 Å². The van der Waals surface area contributed by atoms with E-state index in [1.54, 1.807) is 35.5 Å². The first-order chi connectivity index (χ1) is 16.6. The molecule has 2 aromatic carbocycles. The number of rotatable bonds is 9. The fourth-order valence-corrected chi connectivity index (χ4v) is 5.16. The van der Waals surface area contributed by atoms with Crippen LogP contribution in [-0.4, -0.2) is 61.6 Å². The van der Waals surface area contributed by atoms with E-state index in [2.05, 4.69) is 11.4 Å². The van der Waals surface area contributed by atoms with Crippen molar-refractivity contribution in [3.8, 4) is 5.75 Å². The van der Waals surface area contributed by atoms with Crippen LogP contribution in [0.2, 0.25) is 0 Å². The molecule has 4 rings (SSSR count). The zero-order valence-corrected chi connectivity index (χ0v) is 20.4. The number of benzene rings is 2. The van der Waals surface area contributed by atoms with Gasteiger partial charge in [0.25, 0.3) is 5.91 Å². The van der Waals surface area contributed by atoms with Crippen molar-refractivity contribution in [2.45, 2.75) is 19.4 Å². The Hall–Kier alpha value is -3.16. The second-order valence-electron chi connectivity index (χ2n) is 8.31. The Kier molecular flexibility index (Phi) is 7.98. The second kappa shape index (κ2) is 11.3. The average molecular weight is 479 g/mol. The van der Waals surface area contributed by atoms with Gasteiger partial charge in [0.05, 0.1) is 12.6 Å². The van der Waals surface area contributed by atoms with Gasteiger partial charge in [-0.25, -0.2) is 0 Å². The lowest BCUT2D eigenvalue weighted by atomic mass is 10.00. The predicted molar refractivity (Wildman–Crippen MR) is 133 cm³/mol. The first-order valence-corrected chi connectivity index (χ1v) is 12.3. The Bertz CT molecular complexity index is 1110. The molecule has 6 nitrogen and oxygen atoms in total. The van der Waals surface area contributed by atoms with E-state index in [1.807, 2.05) is 54.3 Å². The van der Waals surface area contributed by atoms with Gasteiger partial charge in [-0.05, 0) is 54.1 Å². The summed E-state index contributed by atoms with van der Waals surface area (Å²) in [5, 5.41) is 2.07. The van der Waals surface area contributed by atoms with Crippen LogP contribution in [0, 0.1) is 6.92 Å². The van der Waals surface area contributed by atoms with Crippen LogP contribution in [-0.2, 0) is 16.0 Å². The van der Waals surface area contributed by atoms with E-state index in [4.69, 9.17) is 9.47 Å². The standard InChI is InChI=1S/C27H30N2O4S/c1-20-8-6-7-11-24(20)33-19-23-22-13-17-34-25(22)12-14-29(23)26(30)18-28(15-16-32-2)27(31)21-9-4-3-5-10-21/h3-11,13,17,23H,12,14-16,18-19H2,1-2H3/t23-/m1/s1. The van der Waals surface area contributed by atoms with Gasteiger partial charge in [-0.2, -0.15) is 0 Å². The summed E-state index contributed by atoms with van der Waals surface area (Å²) in [7, 11) is 1.59. The number of carbonyl (C=O) groups excluding carboxylic acids is 2. The van der Waals surface area contributed by atoms with Gasteiger partial charge in [-0.1, -0.05) is 36.4 Å². The Labute approximate surface area is 204 Å². The Morgan fingerprint density at radius 1 is 1.09 bits per heavy atom. The molecular weight excluding hydrogens is 448 g/mol. The monoisotopic (exact) mass is 478 g/mol. The van der Waals surface area contributed by atoms with Crippen LogP contribution in [0.3, 0.4) is 0 Å². The Morgan fingerprint density at radius 2 is 1.85 bits per heavy atom. The van der Waals surface area contributed by atoms with Crippen molar-refractivity contribution in [3.63, 3.8) is 0 Å². The summed E-state index contributed by atoms with van der Waals surface area (Å²) in [6.45, 7) is 3.69. The fourth-order valence-electron chi connectivity index (χ4n) is 4.23. The van der Waals surface area contributed by atoms with Crippen molar-refractivity contribution >= 4 is 23.2 Å². The molecule has 0 radical (unpaired) electrons. The van der Waals surface area contributed by atoms with Crippen molar-refractivity contribution in [2.75, 3.05) is 40.0 Å². The maximum atomic E-state index is 13.6. The van der Waals surface area contributed by atoms with Crippen LogP contribution in [0.1, 0.15) is 32.4 Å². The molecule has 3 aromatic rings. The molecule has 1 aliphatic heterocycles. The molecule has 0 spiro atoms. The van der Waals surface area contributed by atoms with E-state index in [9.17, 15) is 9.59 Å². The fraction of sp³-hybridized carbons (Fsp3) is 0.333. The van der Waals surface area contributed by atoms with Gasteiger partial charge in [0.15, 0.2) is 0 Å². The summed E-state index contributed by atoms with van der Waals surface area (Å²) < 4.78 is 11.4. The smallest absolute Gasteiger partial charge is 0.254 e. The van der Waals surface area contributed by atoms with Crippen LogP contribution in [0.25, 0.3) is 0 Å². The number of nitrogens with zero attached hydrogens (tertiary/aromatic N) is 2. The molecule has 0 saturated carbocycles. The summed E-state index contributed by atoms with van der Waals surface area (Å²) in [5.41, 5.74) is 2.75. The number of thiophene rings is 1.